The highest BCUT2D eigenvalue weighted by molar-refractivity contribution is 5.79. The normalized spacial score (nSPS) is 26.9. The van der Waals surface area contributed by atoms with E-state index in [2.05, 4.69) is 22.0 Å². The van der Waals surface area contributed by atoms with E-state index in [-0.39, 0.29) is 0 Å². The summed E-state index contributed by atoms with van der Waals surface area (Å²) in [5.74, 6) is -0.629. The van der Waals surface area contributed by atoms with Crippen molar-refractivity contribution in [3.63, 3.8) is 0 Å². The van der Waals surface area contributed by atoms with Gasteiger partial charge >= 0.3 is 5.97 Å². The Morgan fingerprint density at radius 2 is 1.82 bits per heavy atom. The third-order valence-electron chi connectivity index (χ3n) is 4.25. The number of hydrogen-bond donors (Lipinski definition) is 2. The number of piperidine rings is 1. The summed E-state index contributed by atoms with van der Waals surface area (Å²) in [6, 6.07) is 0. The standard InChI is InChI=1S/C12H23N3O2/c1-2-14-7-3-12(4-8-14,11(16)17)15-9-5-13-6-10-15/h13H,2-10H2,1H3,(H,16,17). The van der Waals surface area contributed by atoms with Crippen molar-refractivity contribution in [1.29, 1.82) is 0 Å². The molecule has 0 spiro atoms. The van der Waals surface area contributed by atoms with E-state index >= 15 is 0 Å². The quantitative estimate of drug-likeness (QED) is 0.718. The molecule has 2 saturated heterocycles. The maximum absolute atomic E-state index is 11.7. The Hall–Kier alpha value is -0.650. The van der Waals surface area contributed by atoms with Crippen LogP contribution in [-0.2, 0) is 4.79 Å². The zero-order valence-corrected chi connectivity index (χ0v) is 10.6. The Morgan fingerprint density at radius 1 is 1.24 bits per heavy atom. The zero-order chi connectivity index (χ0) is 12.3. The van der Waals surface area contributed by atoms with Gasteiger partial charge in [0.1, 0.15) is 5.54 Å². The maximum Gasteiger partial charge on any atom is 0.324 e. The van der Waals surface area contributed by atoms with Crippen LogP contribution in [0.5, 0.6) is 0 Å². The van der Waals surface area contributed by atoms with Crippen molar-refractivity contribution in [2.75, 3.05) is 45.8 Å². The van der Waals surface area contributed by atoms with Gasteiger partial charge in [-0.1, -0.05) is 6.92 Å². The Balaban J connectivity index is 2.07. The van der Waals surface area contributed by atoms with Gasteiger partial charge in [0.15, 0.2) is 0 Å². The van der Waals surface area contributed by atoms with Crippen LogP contribution in [0.25, 0.3) is 0 Å². The van der Waals surface area contributed by atoms with Gasteiger partial charge in [-0.15, -0.1) is 0 Å². The molecule has 2 fully saturated rings. The summed E-state index contributed by atoms with van der Waals surface area (Å²) < 4.78 is 0. The van der Waals surface area contributed by atoms with Crippen LogP contribution in [0.1, 0.15) is 19.8 Å². The van der Waals surface area contributed by atoms with Crippen LogP contribution in [0.4, 0.5) is 0 Å². The summed E-state index contributed by atoms with van der Waals surface area (Å²) in [5, 5.41) is 12.9. The highest BCUT2D eigenvalue weighted by Crippen LogP contribution is 2.29. The van der Waals surface area contributed by atoms with Crippen molar-refractivity contribution >= 4 is 5.97 Å². The highest BCUT2D eigenvalue weighted by atomic mass is 16.4. The molecule has 0 aromatic rings. The number of rotatable bonds is 3. The molecule has 0 aliphatic carbocycles. The van der Waals surface area contributed by atoms with Gasteiger partial charge in [-0.3, -0.25) is 9.69 Å². The summed E-state index contributed by atoms with van der Waals surface area (Å²) in [6.07, 6.45) is 1.52. The van der Waals surface area contributed by atoms with Crippen LogP contribution in [0.15, 0.2) is 0 Å². The number of carboxylic acids is 1. The Morgan fingerprint density at radius 3 is 2.29 bits per heavy atom. The smallest absolute Gasteiger partial charge is 0.324 e. The average Bonchev–Trinajstić information content (AvgIpc) is 2.39. The van der Waals surface area contributed by atoms with Crippen LogP contribution in [0.3, 0.4) is 0 Å². The monoisotopic (exact) mass is 241 g/mol. The zero-order valence-electron chi connectivity index (χ0n) is 10.6. The molecule has 0 radical (unpaired) electrons. The van der Waals surface area contributed by atoms with Crippen LogP contribution < -0.4 is 5.32 Å². The van der Waals surface area contributed by atoms with Gasteiger partial charge in [0.2, 0.25) is 0 Å². The molecule has 17 heavy (non-hydrogen) atoms. The predicted molar refractivity (Wildman–Crippen MR) is 66.2 cm³/mol. The third kappa shape index (κ3) is 2.46. The fourth-order valence-electron chi connectivity index (χ4n) is 3.00. The molecule has 0 unspecified atom stereocenters. The molecule has 0 aromatic heterocycles. The lowest BCUT2D eigenvalue weighted by molar-refractivity contribution is -0.156. The molecular formula is C12H23N3O2. The van der Waals surface area contributed by atoms with E-state index < -0.39 is 11.5 Å². The van der Waals surface area contributed by atoms with Crippen molar-refractivity contribution < 1.29 is 9.90 Å². The Bertz CT molecular complexity index is 269. The number of hydrogen-bond acceptors (Lipinski definition) is 4. The van der Waals surface area contributed by atoms with Crippen LogP contribution in [0.2, 0.25) is 0 Å². The third-order valence-corrected chi connectivity index (χ3v) is 4.25. The summed E-state index contributed by atoms with van der Waals surface area (Å²) in [4.78, 5) is 16.2. The van der Waals surface area contributed by atoms with Gasteiger partial charge in [-0.2, -0.15) is 0 Å². The number of nitrogens with zero attached hydrogens (tertiary/aromatic N) is 2. The molecular weight excluding hydrogens is 218 g/mol. The minimum absolute atomic E-state index is 0.603. The Kier molecular flexibility index (Phi) is 4.01. The Labute approximate surface area is 103 Å². The topological polar surface area (TPSA) is 55.8 Å². The van der Waals surface area contributed by atoms with Crippen LogP contribution >= 0.6 is 0 Å². The molecule has 0 bridgehead atoms. The molecule has 5 nitrogen and oxygen atoms in total. The lowest BCUT2D eigenvalue weighted by atomic mass is 9.85. The number of aliphatic carboxylic acids is 1. The van der Waals surface area contributed by atoms with Crippen molar-refractivity contribution in [2.24, 2.45) is 0 Å². The molecule has 0 aromatic carbocycles. The fourth-order valence-corrected chi connectivity index (χ4v) is 3.00. The van der Waals surface area contributed by atoms with E-state index in [1.165, 1.54) is 0 Å². The van der Waals surface area contributed by atoms with Gasteiger partial charge in [0.25, 0.3) is 0 Å². The van der Waals surface area contributed by atoms with Gasteiger partial charge in [0, 0.05) is 39.3 Å². The first-order valence-corrected chi connectivity index (χ1v) is 6.60. The minimum atomic E-state index is -0.629. The van der Waals surface area contributed by atoms with E-state index in [0.717, 1.165) is 58.7 Å². The van der Waals surface area contributed by atoms with E-state index in [0.29, 0.717) is 0 Å². The molecule has 2 rings (SSSR count). The van der Waals surface area contributed by atoms with E-state index in [9.17, 15) is 9.90 Å². The fraction of sp³-hybridized carbons (Fsp3) is 0.917. The number of nitrogens with one attached hydrogen (secondary N) is 1. The van der Waals surface area contributed by atoms with E-state index in [4.69, 9.17) is 0 Å². The lowest BCUT2D eigenvalue weighted by Gasteiger charge is -2.47. The largest absolute Gasteiger partial charge is 0.480 e. The van der Waals surface area contributed by atoms with Crippen molar-refractivity contribution in [1.82, 2.24) is 15.1 Å². The second-order valence-corrected chi connectivity index (χ2v) is 5.01. The molecule has 2 heterocycles. The summed E-state index contributed by atoms with van der Waals surface area (Å²) in [7, 11) is 0. The SMILES string of the molecule is CCN1CCC(C(=O)O)(N2CCNCC2)CC1. The minimum Gasteiger partial charge on any atom is -0.480 e. The van der Waals surface area contributed by atoms with E-state index in [1.54, 1.807) is 0 Å². The van der Waals surface area contributed by atoms with Crippen molar-refractivity contribution in [2.45, 2.75) is 25.3 Å². The molecule has 2 aliphatic rings. The summed E-state index contributed by atoms with van der Waals surface area (Å²) in [5.41, 5.74) is -0.603. The highest BCUT2D eigenvalue weighted by Gasteiger charge is 2.46. The second kappa shape index (κ2) is 5.33. The van der Waals surface area contributed by atoms with Gasteiger partial charge in [-0.25, -0.2) is 0 Å². The number of carboxylic acid groups (broad SMARTS) is 1. The van der Waals surface area contributed by atoms with Crippen molar-refractivity contribution in [3.05, 3.63) is 0 Å². The number of piperazine rings is 1. The van der Waals surface area contributed by atoms with Crippen LogP contribution in [0, 0.1) is 0 Å². The first-order valence-electron chi connectivity index (χ1n) is 6.60. The van der Waals surface area contributed by atoms with Gasteiger partial charge < -0.3 is 15.3 Å². The van der Waals surface area contributed by atoms with Crippen LogP contribution in [-0.4, -0.2) is 72.2 Å². The molecule has 2 aliphatic heterocycles. The number of likely N-dealkylation sites (tertiary alicyclic amines) is 1. The summed E-state index contributed by atoms with van der Waals surface area (Å²) in [6.45, 7) is 8.52. The van der Waals surface area contributed by atoms with E-state index in [1.807, 2.05) is 0 Å². The van der Waals surface area contributed by atoms with Gasteiger partial charge in [0.05, 0.1) is 0 Å². The van der Waals surface area contributed by atoms with Gasteiger partial charge in [-0.05, 0) is 19.4 Å². The molecule has 0 amide bonds. The maximum atomic E-state index is 11.7. The molecule has 0 atom stereocenters. The molecule has 5 heteroatoms. The summed E-state index contributed by atoms with van der Waals surface area (Å²) >= 11 is 0. The molecule has 0 saturated carbocycles. The first kappa shape index (κ1) is 12.8. The lowest BCUT2D eigenvalue weighted by Crippen LogP contribution is -2.63. The predicted octanol–water partition coefficient (Wildman–Crippen LogP) is -0.169. The second-order valence-electron chi connectivity index (χ2n) is 5.01. The number of carbonyl (C=O) groups is 1. The van der Waals surface area contributed by atoms with Crippen molar-refractivity contribution in [3.8, 4) is 0 Å². The molecule has 2 N–H and O–H groups in total. The first-order chi connectivity index (χ1) is 8.19. The average molecular weight is 241 g/mol. The molecule has 98 valence electrons.